The minimum Gasteiger partial charge on any atom is -0.489 e. The van der Waals surface area contributed by atoms with Crippen molar-refractivity contribution in [2.75, 3.05) is 13.2 Å². The van der Waals surface area contributed by atoms with Gasteiger partial charge in [-0.15, -0.1) is 0 Å². The second-order valence-electron chi connectivity index (χ2n) is 10.4. The maximum Gasteiger partial charge on any atom is 0.302 e. The van der Waals surface area contributed by atoms with Crippen LogP contribution in [-0.2, 0) is 25.7 Å². The highest BCUT2D eigenvalue weighted by atomic mass is 35.5. The van der Waals surface area contributed by atoms with E-state index in [9.17, 15) is 19.6 Å². The third kappa shape index (κ3) is 7.20. The molecule has 0 saturated carbocycles. The average Bonchev–Trinajstić information content (AvgIpc) is 3.47. The lowest BCUT2D eigenvalue weighted by Gasteiger charge is -2.27. The van der Waals surface area contributed by atoms with Crippen LogP contribution in [-0.4, -0.2) is 45.6 Å². The minimum atomic E-state index is -0.680. The van der Waals surface area contributed by atoms with Gasteiger partial charge in [-0.05, 0) is 73.5 Å². The normalized spacial score (nSPS) is 14.1. The largest absolute Gasteiger partial charge is 0.489 e. The molecule has 1 aliphatic heterocycles. The number of aromatic nitrogens is 2. The Morgan fingerprint density at radius 3 is 2.43 bits per heavy atom. The molecule has 11 heteroatoms. The highest BCUT2D eigenvalue weighted by Crippen LogP contribution is 2.32. The lowest BCUT2D eigenvalue weighted by molar-refractivity contribution is -0.141. The van der Waals surface area contributed by atoms with Gasteiger partial charge < -0.3 is 9.47 Å². The van der Waals surface area contributed by atoms with E-state index in [1.165, 1.54) is 6.92 Å². The molecule has 0 saturated heterocycles. The van der Waals surface area contributed by atoms with Gasteiger partial charge in [0.15, 0.2) is 0 Å². The molecule has 0 spiro atoms. The van der Waals surface area contributed by atoms with Crippen LogP contribution in [0.4, 0.5) is 0 Å². The summed E-state index contributed by atoms with van der Waals surface area (Å²) >= 11 is 12.3. The quantitative estimate of drug-likeness (QED) is 0.0785. The summed E-state index contributed by atoms with van der Waals surface area (Å²) in [5, 5.41) is 15.7. The van der Waals surface area contributed by atoms with Crippen molar-refractivity contribution in [2.45, 2.75) is 26.9 Å². The van der Waals surface area contributed by atoms with Crippen LogP contribution in [0.5, 0.6) is 5.75 Å². The van der Waals surface area contributed by atoms with Gasteiger partial charge in [0.25, 0.3) is 11.8 Å². The SMILES string of the molecule is CC(=O)OCCCN1C(=O)C(C#N)=C(C)/C(=C\c2cn(-c3ccccc3)nc2-c2ccc(OCc3ccc(Cl)cc3Cl)cc2)C1=O. The van der Waals surface area contributed by atoms with E-state index in [-0.39, 0.29) is 42.9 Å². The number of halogens is 2. The molecular weight excluding hydrogens is 627 g/mol. The van der Waals surface area contributed by atoms with Crippen molar-refractivity contribution in [2.24, 2.45) is 0 Å². The zero-order chi connectivity index (χ0) is 32.8. The number of benzene rings is 3. The molecule has 0 aliphatic carbocycles. The van der Waals surface area contributed by atoms with Gasteiger partial charge in [0.1, 0.15) is 24.0 Å². The maximum absolute atomic E-state index is 13.7. The number of carbonyl (C=O) groups is 3. The maximum atomic E-state index is 13.7. The molecule has 1 aliphatic rings. The topological polar surface area (TPSA) is 115 Å². The fourth-order valence-corrected chi connectivity index (χ4v) is 5.33. The Bertz CT molecular complexity index is 1910. The number of amides is 2. The van der Waals surface area contributed by atoms with Gasteiger partial charge in [0.2, 0.25) is 0 Å². The Hall–Kier alpha value is -5.17. The summed E-state index contributed by atoms with van der Waals surface area (Å²) < 4.78 is 12.6. The van der Waals surface area contributed by atoms with Crippen molar-refractivity contribution >= 4 is 47.1 Å². The van der Waals surface area contributed by atoms with Gasteiger partial charge in [-0.3, -0.25) is 19.3 Å². The van der Waals surface area contributed by atoms with E-state index >= 15 is 0 Å². The number of carbonyl (C=O) groups excluding carboxylic acids is 3. The first-order valence-electron chi connectivity index (χ1n) is 14.3. The van der Waals surface area contributed by atoms with E-state index in [4.69, 9.17) is 37.8 Å². The molecule has 0 N–H and O–H groups in total. The Morgan fingerprint density at radius 1 is 1.02 bits per heavy atom. The van der Waals surface area contributed by atoms with Crippen molar-refractivity contribution in [3.05, 3.63) is 117 Å². The summed E-state index contributed by atoms with van der Waals surface area (Å²) in [5.74, 6) is -1.08. The van der Waals surface area contributed by atoms with E-state index in [1.54, 1.807) is 36.0 Å². The van der Waals surface area contributed by atoms with Gasteiger partial charge in [-0.1, -0.05) is 47.5 Å². The number of esters is 1. The molecule has 0 unspecified atom stereocenters. The van der Waals surface area contributed by atoms with Crippen LogP contribution >= 0.6 is 23.2 Å². The molecule has 232 valence electrons. The van der Waals surface area contributed by atoms with Crippen LogP contribution in [0, 0.1) is 11.3 Å². The summed E-state index contributed by atoms with van der Waals surface area (Å²) in [6, 6.07) is 24.0. The van der Waals surface area contributed by atoms with E-state index in [2.05, 4.69) is 0 Å². The second-order valence-corrected chi connectivity index (χ2v) is 11.2. The molecule has 46 heavy (non-hydrogen) atoms. The van der Waals surface area contributed by atoms with Gasteiger partial charge >= 0.3 is 5.97 Å². The molecule has 1 aromatic heterocycles. The Labute approximate surface area is 275 Å². The first-order chi connectivity index (χ1) is 22.2. The first-order valence-corrected chi connectivity index (χ1v) is 15.1. The number of hydrogen-bond acceptors (Lipinski definition) is 7. The summed E-state index contributed by atoms with van der Waals surface area (Å²) in [6.07, 6.45) is 3.67. The Balaban J connectivity index is 1.49. The van der Waals surface area contributed by atoms with E-state index in [0.717, 1.165) is 21.7 Å². The number of imide groups is 1. The standard InChI is InChI=1S/C35H28Cl2N4O5/c1-22-30(34(43)40(35(44)31(22)19-38)15-6-16-45-23(2)42)17-26-20-41(28-7-4-3-5-8-28)39-33(26)24-10-13-29(14-11-24)46-21-25-9-12-27(36)18-32(25)37/h3-5,7-14,17-18,20H,6,15-16,21H2,1-2H3/b30-17+. The van der Waals surface area contributed by atoms with Crippen LogP contribution in [0.2, 0.25) is 10.0 Å². The number of ether oxygens (including phenoxy) is 2. The number of para-hydroxylation sites is 1. The molecule has 4 aromatic rings. The molecule has 0 bridgehead atoms. The highest BCUT2D eigenvalue weighted by Gasteiger charge is 2.35. The van der Waals surface area contributed by atoms with Crippen LogP contribution in [0.15, 0.2) is 95.7 Å². The van der Waals surface area contributed by atoms with Crippen molar-refractivity contribution < 1.29 is 23.9 Å². The smallest absolute Gasteiger partial charge is 0.302 e. The number of rotatable bonds is 10. The molecule has 5 rings (SSSR count). The van der Waals surface area contributed by atoms with Crippen LogP contribution in [0.25, 0.3) is 23.0 Å². The fraction of sp³-hybridized carbons (Fsp3) is 0.171. The second kappa shape index (κ2) is 14.3. The molecule has 9 nitrogen and oxygen atoms in total. The minimum absolute atomic E-state index is 0.0143. The fourth-order valence-electron chi connectivity index (χ4n) is 4.87. The van der Waals surface area contributed by atoms with Crippen LogP contribution in [0.1, 0.15) is 31.4 Å². The van der Waals surface area contributed by atoms with E-state index < -0.39 is 17.8 Å². The predicted octanol–water partition coefficient (Wildman–Crippen LogP) is 6.97. The average molecular weight is 656 g/mol. The lowest BCUT2D eigenvalue weighted by Crippen LogP contribution is -2.43. The molecule has 0 radical (unpaired) electrons. The highest BCUT2D eigenvalue weighted by molar-refractivity contribution is 6.35. The van der Waals surface area contributed by atoms with Gasteiger partial charge in [-0.2, -0.15) is 10.4 Å². The molecular formula is C35H28Cl2N4O5. The zero-order valence-electron chi connectivity index (χ0n) is 25.0. The predicted molar refractivity (Wildman–Crippen MR) is 174 cm³/mol. The van der Waals surface area contributed by atoms with Crippen molar-refractivity contribution in [3.63, 3.8) is 0 Å². The molecule has 3 aromatic carbocycles. The number of hydrogen-bond donors (Lipinski definition) is 0. The number of nitriles is 1. The Morgan fingerprint density at radius 2 is 1.76 bits per heavy atom. The van der Waals surface area contributed by atoms with Crippen molar-refractivity contribution in [3.8, 4) is 28.8 Å². The van der Waals surface area contributed by atoms with Crippen molar-refractivity contribution in [1.82, 2.24) is 14.7 Å². The molecule has 2 amide bonds. The number of nitrogens with zero attached hydrogens (tertiary/aromatic N) is 4. The molecule has 2 heterocycles. The monoisotopic (exact) mass is 654 g/mol. The van der Waals surface area contributed by atoms with Gasteiger partial charge in [-0.25, -0.2) is 4.68 Å². The summed E-state index contributed by atoms with van der Waals surface area (Å²) in [6.45, 7) is 3.14. The van der Waals surface area contributed by atoms with Gasteiger partial charge in [0.05, 0.1) is 18.0 Å². The third-order valence-electron chi connectivity index (χ3n) is 7.26. The summed E-state index contributed by atoms with van der Waals surface area (Å²) in [7, 11) is 0. The van der Waals surface area contributed by atoms with E-state index in [0.29, 0.717) is 27.1 Å². The van der Waals surface area contributed by atoms with E-state index in [1.807, 2.05) is 66.7 Å². The third-order valence-corrected chi connectivity index (χ3v) is 7.84. The molecule has 0 fully saturated rings. The first kappa shape index (κ1) is 32.2. The van der Waals surface area contributed by atoms with Gasteiger partial charge in [0, 0.05) is 52.0 Å². The Kier molecular flexibility index (Phi) is 10.0. The van der Waals surface area contributed by atoms with Crippen molar-refractivity contribution in [1.29, 1.82) is 5.26 Å². The summed E-state index contributed by atoms with van der Waals surface area (Å²) in [5.41, 5.74) is 3.85. The lowest BCUT2D eigenvalue weighted by atomic mass is 9.93. The summed E-state index contributed by atoms with van der Waals surface area (Å²) in [4.78, 5) is 38.9. The zero-order valence-corrected chi connectivity index (χ0v) is 26.5. The molecule has 0 atom stereocenters. The van der Waals surface area contributed by atoms with Crippen LogP contribution < -0.4 is 4.74 Å². The van der Waals surface area contributed by atoms with Crippen LogP contribution in [0.3, 0.4) is 0 Å².